The number of carbonyl (C=O) groups excluding carboxylic acids is 2. The molecule has 0 aliphatic carbocycles. The van der Waals surface area contributed by atoms with Crippen molar-refractivity contribution >= 4 is 11.8 Å². The van der Waals surface area contributed by atoms with Crippen molar-refractivity contribution in [1.29, 1.82) is 0 Å². The van der Waals surface area contributed by atoms with Crippen molar-refractivity contribution < 1.29 is 14.0 Å². The van der Waals surface area contributed by atoms with Gasteiger partial charge in [0.15, 0.2) is 0 Å². The van der Waals surface area contributed by atoms with Crippen LogP contribution in [0.2, 0.25) is 0 Å². The molecule has 2 aromatic rings. The number of aryl methyl sites for hydroxylation is 2. The number of fused-ring (bicyclic) bond motifs is 1. The van der Waals surface area contributed by atoms with Crippen LogP contribution in [-0.4, -0.2) is 62.2 Å². The van der Waals surface area contributed by atoms with Crippen molar-refractivity contribution in [2.75, 3.05) is 19.6 Å². The second kappa shape index (κ2) is 8.28. The Balaban J connectivity index is 1.47. The molecule has 0 aromatic carbocycles. The van der Waals surface area contributed by atoms with E-state index in [0.29, 0.717) is 51.0 Å². The number of likely N-dealkylation sites (tertiary alicyclic amines) is 1. The third-order valence-electron chi connectivity index (χ3n) is 6.55. The molecule has 2 amide bonds. The zero-order chi connectivity index (χ0) is 22.3. The van der Waals surface area contributed by atoms with Crippen LogP contribution in [0.25, 0.3) is 0 Å². The van der Waals surface area contributed by atoms with E-state index in [1.807, 2.05) is 25.5 Å². The number of amides is 2. The summed E-state index contributed by atoms with van der Waals surface area (Å²) in [6.07, 6.45) is 1.60. The average Bonchev–Trinajstić information content (AvgIpc) is 3.29. The fraction of sp³-hybridized carbons (Fsp3) is 0.545. The molecule has 2 aliphatic rings. The molecule has 2 aliphatic heterocycles. The largest absolute Gasteiger partial charge is 0.338 e. The Kier molecular flexibility index (Phi) is 5.68. The van der Waals surface area contributed by atoms with E-state index in [-0.39, 0.29) is 18.0 Å². The van der Waals surface area contributed by atoms with Gasteiger partial charge in [0.2, 0.25) is 5.91 Å². The number of H-pyrrole nitrogens is 1. The van der Waals surface area contributed by atoms with Crippen LogP contribution in [0.1, 0.15) is 51.3 Å². The monoisotopic (exact) mass is 429 g/mol. The van der Waals surface area contributed by atoms with Crippen LogP contribution in [0.4, 0.5) is 4.39 Å². The molecule has 1 N–H and O–H groups in total. The van der Waals surface area contributed by atoms with E-state index in [9.17, 15) is 18.8 Å². The summed E-state index contributed by atoms with van der Waals surface area (Å²) < 4.78 is 15.4. The Bertz CT molecular complexity index is 1090. The molecule has 1 fully saturated rings. The third-order valence-corrected chi connectivity index (χ3v) is 6.55. The summed E-state index contributed by atoms with van der Waals surface area (Å²) in [4.78, 5) is 43.9. The Morgan fingerprint density at radius 3 is 2.65 bits per heavy atom. The molecular weight excluding hydrogens is 401 g/mol. The van der Waals surface area contributed by atoms with Crippen molar-refractivity contribution in [3.8, 4) is 0 Å². The highest BCUT2D eigenvalue weighted by Gasteiger charge is 2.32. The predicted molar refractivity (Wildman–Crippen MR) is 113 cm³/mol. The molecule has 8 nitrogen and oxygen atoms in total. The zero-order valence-electron chi connectivity index (χ0n) is 18.2. The normalized spacial score (nSPS) is 18.4. The maximum absolute atomic E-state index is 13.5. The summed E-state index contributed by atoms with van der Waals surface area (Å²) in [6.45, 7) is 7.61. The number of halogens is 1. The molecule has 4 rings (SSSR count). The molecule has 166 valence electrons. The summed E-state index contributed by atoms with van der Waals surface area (Å²) in [5.41, 5.74) is 4.25. The molecule has 9 heteroatoms. The minimum absolute atomic E-state index is 0.00902. The van der Waals surface area contributed by atoms with Crippen LogP contribution in [0.5, 0.6) is 0 Å². The molecule has 31 heavy (non-hydrogen) atoms. The van der Waals surface area contributed by atoms with Crippen LogP contribution >= 0.6 is 0 Å². The Morgan fingerprint density at radius 2 is 2.00 bits per heavy atom. The highest BCUT2D eigenvalue weighted by atomic mass is 19.1. The van der Waals surface area contributed by atoms with Gasteiger partial charge in [0.05, 0.1) is 12.2 Å². The molecular formula is C22H28FN5O3. The number of rotatable bonds is 4. The topological polar surface area (TPSA) is 91.3 Å². The van der Waals surface area contributed by atoms with Crippen LogP contribution in [0.3, 0.4) is 0 Å². The minimum Gasteiger partial charge on any atom is -0.338 e. The van der Waals surface area contributed by atoms with Gasteiger partial charge in [0.1, 0.15) is 11.7 Å². The summed E-state index contributed by atoms with van der Waals surface area (Å²) in [7, 11) is 0. The van der Waals surface area contributed by atoms with E-state index in [0.717, 1.165) is 22.5 Å². The fourth-order valence-electron chi connectivity index (χ4n) is 4.43. The first-order valence-electron chi connectivity index (χ1n) is 10.7. The standard InChI is InChI=1S/C22H28FN5O3/c1-13-14(2)25-28(15(13)3)9-6-19(29)26-8-5-18-16(11-26)10-24-21(30)20(18)22(31)27-7-4-17(23)12-27/h10,17H,4-9,11-12H2,1-3H3,(H,24,30)/t17-/m0/s1. The fourth-order valence-corrected chi connectivity index (χ4v) is 4.43. The number of nitrogens with zero attached hydrogens (tertiary/aromatic N) is 4. The number of carbonyl (C=O) groups is 2. The van der Waals surface area contributed by atoms with E-state index < -0.39 is 17.6 Å². The minimum atomic E-state index is -1.04. The summed E-state index contributed by atoms with van der Waals surface area (Å²) >= 11 is 0. The quantitative estimate of drug-likeness (QED) is 0.800. The summed E-state index contributed by atoms with van der Waals surface area (Å²) in [5, 5.41) is 4.48. The Labute approximate surface area is 180 Å². The van der Waals surface area contributed by atoms with Crippen LogP contribution in [0.15, 0.2) is 11.0 Å². The van der Waals surface area contributed by atoms with Crippen LogP contribution < -0.4 is 5.56 Å². The Hall–Kier alpha value is -2.97. The highest BCUT2D eigenvalue weighted by Crippen LogP contribution is 2.23. The lowest BCUT2D eigenvalue weighted by molar-refractivity contribution is -0.132. The molecule has 4 heterocycles. The van der Waals surface area contributed by atoms with Crippen molar-refractivity contribution in [3.63, 3.8) is 0 Å². The van der Waals surface area contributed by atoms with Gasteiger partial charge < -0.3 is 14.8 Å². The SMILES string of the molecule is Cc1nn(CCC(=O)N2CCc3c(c[nH]c(=O)c3C(=O)N3CC[C@H](F)C3)C2)c(C)c1C. The predicted octanol–water partition coefficient (Wildman–Crippen LogP) is 1.66. The number of pyridine rings is 1. The second-order valence-corrected chi connectivity index (χ2v) is 8.47. The Morgan fingerprint density at radius 1 is 1.23 bits per heavy atom. The van der Waals surface area contributed by atoms with Gasteiger partial charge in [-0.25, -0.2) is 4.39 Å². The number of alkyl halides is 1. The van der Waals surface area contributed by atoms with Crippen molar-refractivity contribution in [2.45, 2.75) is 59.3 Å². The van der Waals surface area contributed by atoms with Gasteiger partial charge in [-0.3, -0.25) is 19.1 Å². The highest BCUT2D eigenvalue weighted by molar-refractivity contribution is 5.96. The van der Waals surface area contributed by atoms with Crippen molar-refractivity contribution in [3.05, 3.63) is 50.2 Å². The van der Waals surface area contributed by atoms with Crippen LogP contribution in [0, 0.1) is 20.8 Å². The smallest absolute Gasteiger partial charge is 0.261 e. The number of aromatic amines is 1. The molecule has 1 saturated heterocycles. The van der Waals surface area contributed by atoms with E-state index in [2.05, 4.69) is 10.1 Å². The first-order chi connectivity index (χ1) is 14.8. The third kappa shape index (κ3) is 4.00. The summed E-state index contributed by atoms with van der Waals surface area (Å²) in [6, 6.07) is 0. The van der Waals surface area contributed by atoms with Gasteiger partial charge in [0, 0.05) is 44.5 Å². The lowest BCUT2D eigenvalue weighted by atomic mass is 9.96. The summed E-state index contributed by atoms with van der Waals surface area (Å²) in [5.74, 6) is -0.410. The van der Waals surface area contributed by atoms with Gasteiger partial charge in [-0.05, 0) is 50.3 Å². The van der Waals surface area contributed by atoms with Gasteiger partial charge in [-0.15, -0.1) is 0 Å². The molecule has 0 radical (unpaired) electrons. The number of hydrogen-bond acceptors (Lipinski definition) is 4. The second-order valence-electron chi connectivity index (χ2n) is 8.47. The maximum Gasteiger partial charge on any atom is 0.261 e. The van der Waals surface area contributed by atoms with Crippen LogP contribution in [-0.2, 0) is 24.3 Å². The number of nitrogens with one attached hydrogen (secondary N) is 1. The number of hydrogen-bond donors (Lipinski definition) is 1. The molecule has 0 spiro atoms. The van der Waals surface area contributed by atoms with Gasteiger partial charge in [-0.1, -0.05) is 0 Å². The van der Waals surface area contributed by atoms with E-state index >= 15 is 0 Å². The van der Waals surface area contributed by atoms with Crippen molar-refractivity contribution in [2.24, 2.45) is 0 Å². The first kappa shape index (κ1) is 21.3. The van der Waals surface area contributed by atoms with Crippen molar-refractivity contribution in [1.82, 2.24) is 24.6 Å². The average molecular weight is 429 g/mol. The molecule has 1 atom stereocenters. The molecule has 2 aromatic heterocycles. The van der Waals surface area contributed by atoms with E-state index in [4.69, 9.17) is 0 Å². The first-order valence-corrected chi connectivity index (χ1v) is 10.7. The number of aromatic nitrogens is 3. The van der Waals surface area contributed by atoms with Gasteiger partial charge in [0.25, 0.3) is 11.5 Å². The lowest BCUT2D eigenvalue weighted by Crippen LogP contribution is -2.40. The lowest BCUT2D eigenvalue weighted by Gasteiger charge is -2.30. The molecule has 0 saturated carbocycles. The molecule has 0 bridgehead atoms. The molecule has 0 unspecified atom stereocenters. The maximum atomic E-state index is 13.5. The van der Waals surface area contributed by atoms with Gasteiger partial charge >= 0.3 is 0 Å². The zero-order valence-corrected chi connectivity index (χ0v) is 18.2. The van der Waals surface area contributed by atoms with Gasteiger partial charge in [-0.2, -0.15) is 5.10 Å². The van der Waals surface area contributed by atoms with E-state index in [1.54, 1.807) is 11.1 Å². The van der Waals surface area contributed by atoms with E-state index in [1.165, 1.54) is 4.90 Å².